The quantitative estimate of drug-likeness (QED) is 0.386. The van der Waals surface area contributed by atoms with Gasteiger partial charge in [-0.2, -0.15) is 5.10 Å². The first-order chi connectivity index (χ1) is 21.6. The van der Waals surface area contributed by atoms with Crippen LogP contribution < -0.4 is 10.1 Å². The van der Waals surface area contributed by atoms with Gasteiger partial charge < -0.3 is 19.5 Å². The number of benzene rings is 2. The number of amides is 1. The van der Waals surface area contributed by atoms with E-state index in [9.17, 15) is 4.79 Å². The second-order valence-corrected chi connectivity index (χ2v) is 13.7. The Morgan fingerprint density at radius 2 is 1.70 bits per heavy atom. The van der Waals surface area contributed by atoms with Crippen LogP contribution in [0.3, 0.4) is 0 Å². The molecule has 234 valence electrons. The van der Waals surface area contributed by atoms with Crippen LogP contribution in [0, 0.1) is 0 Å². The fourth-order valence-electron chi connectivity index (χ4n) is 8.71. The van der Waals surface area contributed by atoms with Gasteiger partial charge in [0.25, 0.3) is 5.91 Å². The van der Waals surface area contributed by atoms with Crippen LogP contribution in [0.25, 0.3) is 22.2 Å². The van der Waals surface area contributed by atoms with Gasteiger partial charge in [0.05, 0.1) is 43.7 Å². The molecular formula is C35H45N5O4. The number of carbonyl (C=O) groups is 1. The summed E-state index contributed by atoms with van der Waals surface area (Å²) < 4.78 is 17.6. The van der Waals surface area contributed by atoms with E-state index >= 15 is 0 Å². The van der Waals surface area contributed by atoms with Crippen LogP contribution in [-0.2, 0) is 9.47 Å². The van der Waals surface area contributed by atoms with Crippen molar-refractivity contribution >= 4 is 16.8 Å². The first kappa shape index (κ1) is 28.5. The summed E-state index contributed by atoms with van der Waals surface area (Å²) in [5, 5.41) is 12.1. The average Bonchev–Trinajstić information content (AvgIpc) is 3.57. The molecule has 5 aliphatic rings. The Labute approximate surface area is 259 Å². The topological polar surface area (TPSA) is 92.0 Å². The van der Waals surface area contributed by atoms with Crippen molar-refractivity contribution in [1.29, 1.82) is 0 Å². The van der Waals surface area contributed by atoms with E-state index in [1.165, 1.54) is 32.1 Å². The van der Waals surface area contributed by atoms with Gasteiger partial charge in [-0.15, -0.1) is 0 Å². The summed E-state index contributed by atoms with van der Waals surface area (Å²) in [5.41, 5.74) is 3.49. The standard InChI is InChI=1S/C35H45N5O4/c41-34(36-23-35(12-2-1-3-13-35)39-14-16-42-17-15-39)25-6-11-32-31(18-25)33(38-37-32)24-4-9-29(10-5-24)44-30-19-26-7-8-27(20-30)40(26)28-21-43-22-28/h4-6,9-11,18,26-28,30H,1-3,7-8,12-17,19-23H2,(H,36,41)(H,37,38)/t26-,27+,30?. The summed E-state index contributed by atoms with van der Waals surface area (Å²) in [7, 11) is 0. The lowest BCUT2D eigenvalue weighted by atomic mass is 9.79. The summed E-state index contributed by atoms with van der Waals surface area (Å²) in [6.07, 6.45) is 11.0. The largest absolute Gasteiger partial charge is 0.490 e. The maximum atomic E-state index is 13.5. The Balaban J connectivity index is 0.936. The zero-order chi connectivity index (χ0) is 29.5. The van der Waals surface area contributed by atoms with Crippen LogP contribution in [0.5, 0.6) is 5.75 Å². The highest BCUT2D eigenvalue weighted by atomic mass is 16.5. The van der Waals surface area contributed by atoms with Crippen LogP contribution in [0.15, 0.2) is 42.5 Å². The van der Waals surface area contributed by atoms with Gasteiger partial charge in [-0.05, 0) is 81.0 Å². The molecule has 5 heterocycles. The van der Waals surface area contributed by atoms with Crippen molar-refractivity contribution in [2.24, 2.45) is 0 Å². The Kier molecular flexibility index (Phi) is 7.82. The Hall–Kier alpha value is -2.98. The van der Waals surface area contributed by atoms with Gasteiger partial charge >= 0.3 is 0 Å². The third-order valence-corrected chi connectivity index (χ3v) is 11.1. The van der Waals surface area contributed by atoms with Crippen LogP contribution in [0.1, 0.15) is 68.1 Å². The van der Waals surface area contributed by atoms with Crippen molar-refractivity contribution < 1.29 is 19.0 Å². The zero-order valence-corrected chi connectivity index (χ0v) is 25.6. The highest BCUT2D eigenvalue weighted by Gasteiger charge is 2.46. The van der Waals surface area contributed by atoms with E-state index in [0.717, 1.165) is 93.1 Å². The minimum absolute atomic E-state index is 0.0224. The van der Waals surface area contributed by atoms with Crippen molar-refractivity contribution in [3.8, 4) is 17.0 Å². The Morgan fingerprint density at radius 1 is 0.955 bits per heavy atom. The lowest BCUT2D eigenvalue weighted by molar-refractivity contribution is -0.102. The average molecular weight is 600 g/mol. The molecule has 9 heteroatoms. The molecule has 0 spiro atoms. The Morgan fingerprint density at radius 3 is 2.41 bits per heavy atom. The maximum Gasteiger partial charge on any atom is 0.251 e. The van der Waals surface area contributed by atoms with Crippen molar-refractivity contribution in [1.82, 2.24) is 25.3 Å². The normalized spacial score (nSPS) is 27.7. The molecule has 2 bridgehead atoms. The highest BCUT2D eigenvalue weighted by molar-refractivity contribution is 6.01. The molecule has 1 amide bonds. The predicted molar refractivity (Wildman–Crippen MR) is 169 cm³/mol. The van der Waals surface area contributed by atoms with Gasteiger partial charge in [-0.1, -0.05) is 19.3 Å². The van der Waals surface area contributed by atoms with E-state index in [1.54, 1.807) is 0 Å². The second kappa shape index (κ2) is 12.1. The molecule has 1 aliphatic carbocycles. The van der Waals surface area contributed by atoms with Gasteiger partial charge in [0.2, 0.25) is 0 Å². The number of aromatic nitrogens is 2. The lowest BCUT2D eigenvalue weighted by Gasteiger charge is -2.48. The molecule has 4 saturated heterocycles. The molecule has 2 N–H and O–H groups in total. The van der Waals surface area contributed by atoms with Gasteiger partial charge in [0.15, 0.2) is 0 Å². The summed E-state index contributed by atoms with van der Waals surface area (Å²) in [6.45, 7) is 5.91. The molecule has 3 aromatic rings. The molecule has 9 nitrogen and oxygen atoms in total. The van der Waals surface area contributed by atoms with Crippen LogP contribution in [0.4, 0.5) is 0 Å². The van der Waals surface area contributed by atoms with Crippen LogP contribution in [-0.4, -0.2) is 102 Å². The molecule has 4 aliphatic heterocycles. The maximum absolute atomic E-state index is 13.5. The van der Waals surface area contributed by atoms with Gasteiger partial charge in [-0.3, -0.25) is 19.7 Å². The SMILES string of the molecule is O=C(NCC1(N2CCOCC2)CCCCC1)c1ccc2[nH]nc(-c3ccc(OC4C[C@H]5CC[C@@H](C4)N5C4COC4)cc3)c2c1. The molecule has 8 rings (SSSR count). The third-order valence-electron chi connectivity index (χ3n) is 11.1. The number of fused-ring (bicyclic) bond motifs is 3. The van der Waals surface area contributed by atoms with E-state index in [4.69, 9.17) is 14.2 Å². The number of carbonyl (C=O) groups excluding carboxylic acids is 1. The molecular weight excluding hydrogens is 554 g/mol. The molecule has 5 fully saturated rings. The lowest BCUT2D eigenvalue weighted by Crippen LogP contribution is -2.59. The number of aromatic amines is 1. The highest BCUT2D eigenvalue weighted by Crippen LogP contribution is 2.40. The number of piperidine rings is 1. The smallest absolute Gasteiger partial charge is 0.251 e. The zero-order valence-electron chi connectivity index (χ0n) is 25.6. The number of nitrogens with one attached hydrogen (secondary N) is 2. The number of H-pyrrole nitrogens is 1. The first-order valence-corrected chi connectivity index (χ1v) is 16.9. The van der Waals surface area contributed by atoms with E-state index in [-0.39, 0.29) is 17.6 Å². The van der Waals surface area contributed by atoms with Gasteiger partial charge in [0, 0.05) is 53.8 Å². The number of hydrogen-bond acceptors (Lipinski definition) is 7. The van der Waals surface area contributed by atoms with Crippen molar-refractivity contribution in [2.75, 3.05) is 46.1 Å². The summed E-state index contributed by atoms with van der Waals surface area (Å²) >= 11 is 0. The minimum atomic E-state index is -0.0224. The second-order valence-electron chi connectivity index (χ2n) is 13.7. The predicted octanol–water partition coefficient (Wildman–Crippen LogP) is 4.77. The van der Waals surface area contributed by atoms with Crippen molar-refractivity contribution in [3.05, 3.63) is 48.0 Å². The number of hydrogen-bond donors (Lipinski definition) is 2. The molecule has 2 aromatic carbocycles. The third kappa shape index (κ3) is 5.42. The molecule has 1 saturated carbocycles. The van der Waals surface area contributed by atoms with E-state index in [0.29, 0.717) is 30.2 Å². The first-order valence-electron chi connectivity index (χ1n) is 16.9. The van der Waals surface area contributed by atoms with Crippen molar-refractivity contribution in [2.45, 2.75) is 87.6 Å². The number of morpholine rings is 1. The molecule has 0 radical (unpaired) electrons. The van der Waals surface area contributed by atoms with Gasteiger partial charge in [0.1, 0.15) is 11.9 Å². The molecule has 1 aromatic heterocycles. The monoisotopic (exact) mass is 599 g/mol. The number of rotatable bonds is 8. The Bertz CT molecular complexity index is 1440. The number of ether oxygens (including phenoxy) is 3. The molecule has 3 atom stereocenters. The van der Waals surface area contributed by atoms with Crippen LogP contribution in [0.2, 0.25) is 0 Å². The molecule has 1 unspecified atom stereocenters. The molecule has 44 heavy (non-hydrogen) atoms. The van der Waals surface area contributed by atoms with Crippen molar-refractivity contribution in [3.63, 3.8) is 0 Å². The van der Waals surface area contributed by atoms with E-state index in [1.807, 2.05) is 18.2 Å². The van der Waals surface area contributed by atoms with Gasteiger partial charge in [-0.25, -0.2) is 0 Å². The minimum Gasteiger partial charge on any atom is -0.490 e. The summed E-state index contributed by atoms with van der Waals surface area (Å²) in [4.78, 5) is 18.8. The number of nitrogens with zero attached hydrogens (tertiary/aromatic N) is 3. The summed E-state index contributed by atoms with van der Waals surface area (Å²) in [5.74, 6) is 0.890. The van der Waals surface area contributed by atoms with E-state index < -0.39 is 0 Å². The van der Waals surface area contributed by atoms with E-state index in [2.05, 4.69) is 49.6 Å². The fraction of sp³-hybridized carbons (Fsp3) is 0.600. The fourth-order valence-corrected chi connectivity index (χ4v) is 8.71. The van der Waals surface area contributed by atoms with Crippen LogP contribution >= 0.6 is 0 Å². The summed E-state index contributed by atoms with van der Waals surface area (Å²) in [6, 6.07) is 16.0.